The molecule has 5 nitrogen and oxygen atoms in total. The van der Waals surface area contributed by atoms with Gasteiger partial charge in [-0.1, -0.05) is 29.6 Å². The molecule has 7 heteroatoms. The number of nitrogens with zero attached hydrogens (tertiary/aromatic N) is 1. The minimum atomic E-state index is -0.692. The Bertz CT molecular complexity index is 667. The standard InChI is InChI=1S/C17H20Cl2N2O3/c18-12-3-4-13(19)14(8-12)20-15(22)5-7-21-9-11-2-1-6-17(11,10-21)16(23)24/h3-4,8,11H,1-2,5-7,9-10H2,(H,20,22)(H,23,24)/t11-,17+/m0/s1. The first-order chi connectivity index (χ1) is 11.4. The van der Waals surface area contributed by atoms with Crippen molar-refractivity contribution in [3.8, 4) is 0 Å². The van der Waals surface area contributed by atoms with Crippen molar-refractivity contribution in [2.75, 3.05) is 25.0 Å². The van der Waals surface area contributed by atoms with E-state index in [0.29, 0.717) is 35.2 Å². The maximum absolute atomic E-state index is 12.1. The van der Waals surface area contributed by atoms with Gasteiger partial charge in [0.25, 0.3) is 0 Å². The number of carbonyl (C=O) groups is 2. The van der Waals surface area contributed by atoms with Crippen LogP contribution in [-0.4, -0.2) is 41.5 Å². The molecule has 0 aromatic heterocycles. The molecule has 1 aliphatic carbocycles. The zero-order valence-electron chi connectivity index (χ0n) is 13.2. The second-order valence-electron chi connectivity index (χ2n) is 6.71. The third kappa shape index (κ3) is 3.39. The highest BCUT2D eigenvalue weighted by molar-refractivity contribution is 6.35. The Morgan fingerprint density at radius 1 is 1.38 bits per heavy atom. The van der Waals surface area contributed by atoms with Crippen molar-refractivity contribution >= 4 is 40.8 Å². The molecule has 1 aromatic rings. The van der Waals surface area contributed by atoms with E-state index in [9.17, 15) is 14.7 Å². The van der Waals surface area contributed by atoms with Crippen LogP contribution < -0.4 is 5.32 Å². The Morgan fingerprint density at radius 3 is 2.88 bits per heavy atom. The van der Waals surface area contributed by atoms with Crippen LogP contribution in [0.3, 0.4) is 0 Å². The maximum atomic E-state index is 12.1. The quantitative estimate of drug-likeness (QED) is 0.831. The lowest BCUT2D eigenvalue weighted by molar-refractivity contribution is -0.149. The number of amides is 1. The molecule has 1 aromatic carbocycles. The molecule has 0 bridgehead atoms. The van der Waals surface area contributed by atoms with Crippen molar-refractivity contribution in [3.63, 3.8) is 0 Å². The Kier molecular flexibility index (Phi) is 5.04. The molecule has 2 fully saturated rings. The van der Waals surface area contributed by atoms with Crippen molar-refractivity contribution in [2.24, 2.45) is 11.3 Å². The van der Waals surface area contributed by atoms with Gasteiger partial charge >= 0.3 is 5.97 Å². The summed E-state index contributed by atoms with van der Waals surface area (Å²) in [6, 6.07) is 4.91. The number of halogens is 2. The summed E-state index contributed by atoms with van der Waals surface area (Å²) in [5.41, 5.74) is -0.110. The number of carboxylic acid groups (broad SMARTS) is 1. The fourth-order valence-electron chi connectivity index (χ4n) is 3.98. The molecule has 0 spiro atoms. The maximum Gasteiger partial charge on any atom is 0.311 e. The van der Waals surface area contributed by atoms with Crippen LogP contribution >= 0.6 is 23.2 Å². The summed E-state index contributed by atoms with van der Waals surface area (Å²) in [6.07, 6.45) is 2.99. The van der Waals surface area contributed by atoms with Crippen molar-refractivity contribution in [1.29, 1.82) is 0 Å². The van der Waals surface area contributed by atoms with Gasteiger partial charge in [-0.05, 0) is 37.0 Å². The van der Waals surface area contributed by atoms with E-state index < -0.39 is 11.4 Å². The molecule has 3 rings (SSSR count). The molecule has 1 heterocycles. The van der Waals surface area contributed by atoms with Crippen LogP contribution in [0.25, 0.3) is 0 Å². The van der Waals surface area contributed by atoms with E-state index in [-0.39, 0.29) is 11.8 Å². The summed E-state index contributed by atoms with van der Waals surface area (Å²) >= 11 is 11.9. The summed E-state index contributed by atoms with van der Waals surface area (Å²) in [5.74, 6) is -0.635. The summed E-state index contributed by atoms with van der Waals surface area (Å²) in [4.78, 5) is 25.9. The van der Waals surface area contributed by atoms with E-state index in [1.807, 2.05) is 0 Å². The fraction of sp³-hybridized carbons (Fsp3) is 0.529. The molecule has 1 saturated carbocycles. The van der Waals surface area contributed by atoms with E-state index in [1.165, 1.54) is 0 Å². The minimum absolute atomic E-state index is 0.152. The smallest absolute Gasteiger partial charge is 0.311 e. The molecular weight excluding hydrogens is 351 g/mol. The highest BCUT2D eigenvalue weighted by Crippen LogP contribution is 2.48. The molecule has 24 heavy (non-hydrogen) atoms. The van der Waals surface area contributed by atoms with Crippen LogP contribution in [0.5, 0.6) is 0 Å². The molecule has 1 amide bonds. The van der Waals surface area contributed by atoms with Crippen molar-refractivity contribution in [1.82, 2.24) is 4.90 Å². The lowest BCUT2D eigenvalue weighted by atomic mass is 9.81. The molecule has 2 N–H and O–H groups in total. The Balaban J connectivity index is 1.54. The van der Waals surface area contributed by atoms with Crippen molar-refractivity contribution in [3.05, 3.63) is 28.2 Å². The predicted molar refractivity (Wildman–Crippen MR) is 93.6 cm³/mol. The molecule has 0 unspecified atom stereocenters. The van der Waals surface area contributed by atoms with Gasteiger partial charge in [0.15, 0.2) is 0 Å². The number of anilines is 1. The van der Waals surface area contributed by atoms with Gasteiger partial charge in [0, 0.05) is 31.1 Å². The minimum Gasteiger partial charge on any atom is -0.481 e. The topological polar surface area (TPSA) is 69.6 Å². The summed E-state index contributed by atoms with van der Waals surface area (Å²) < 4.78 is 0. The van der Waals surface area contributed by atoms with E-state index in [2.05, 4.69) is 10.2 Å². The van der Waals surface area contributed by atoms with Crippen LogP contribution in [-0.2, 0) is 9.59 Å². The first-order valence-electron chi connectivity index (χ1n) is 8.11. The summed E-state index contributed by atoms with van der Waals surface area (Å²) in [5, 5.41) is 13.3. The van der Waals surface area contributed by atoms with E-state index in [1.54, 1.807) is 18.2 Å². The van der Waals surface area contributed by atoms with Gasteiger partial charge in [-0.2, -0.15) is 0 Å². The Morgan fingerprint density at radius 2 is 2.17 bits per heavy atom. The third-order valence-corrected chi connectivity index (χ3v) is 5.79. The Labute approximate surface area is 150 Å². The number of carbonyl (C=O) groups excluding carboxylic acids is 1. The van der Waals surface area contributed by atoms with Crippen molar-refractivity contribution in [2.45, 2.75) is 25.7 Å². The number of hydrogen-bond acceptors (Lipinski definition) is 3. The number of aliphatic carboxylic acids is 1. The molecule has 1 aliphatic heterocycles. The largest absolute Gasteiger partial charge is 0.481 e. The van der Waals surface area contributed by atoms with Crippen LogP contribution in [0.2, 0.25) is 10.0 Å². The zero-order valence-corrected chi connectivity index (χ0v) is 14.7. The predicted octanol–water partition coefficient (Wildman–Crippen LogP) is 3.51. The highest BCUT2D eigenvalue weighted by atomic mass is 35.5. The van der Waals surface area contributed by atoms with Gasteiger partial charge in [0.05, 0.1) is 16.1 Å². The number of nitrogens with one attached hydrogen (secondary N) is 1. The Hall–Kier alpha value is -1.30. The van der Waals surface area contributed by atoms with Crippen LogP contribution in [0.1, 0.15) is 25.7 Å². The molecule has 2 aliphatic rings. The lowest BCUT2D eigenvalue weighted by Gasteiger charge is -2.23. The van der Waals surface area contributed by atoms with Gasteiger partial charge in [0.1, 0.15) is 0 Å². The first-order valence-corrected chi connectivity index (χ1v) is 8.87. The van der Waals surface area contributed by atoms with Gasteiger partial charge in [-0.15, -0.1) is 0 Å². The van der Waals surface area contributed by atoms with E-state index in [0.717, 1.165) is 25.8 Å². The number of rotatable bonds is 5. The first kappa shape index (κ1) is 17.5. The highest BCUT2D eigenvalue weighted by Gasteiger charge is 2.54. The van der Waals surface area contributed by atoms with Gasteiger partial charge in [0.2, 0.25) is 5.91 Å². The van der Waals surface area contributed by atoms with Crippen LogP contribution in [0.15, 0.2) is 18.2 Å². The van der Waals surface area contributed by atoms with Crippen LogP contribution in [0, 0.1) is 11.3 Å². The molecule has 1 saturated heterocycles. The second-order valence-corrected chi connectivity index (χ2v) is 7.55. The number of likely N-dealkylation sites (tertiary alicyclic amines) is 1. The summed E-state index contributed by atoms with van der Waals surface area (Å²) in [6.45, 7) is 1.85. The van der Waals surface area contributed by atoms with Gasteiger partial charge in [-0.25, -0.2) is 0 Å². The number of carboxylic acids is 1. The van der Waals surface area contributed by atoms with Crippen molar-refractivity contribution < 1.29 is 14.7 Å². The molecule has 2 atom stereocenters. The fourth-order valence-corrected chi connectivity index (χ4v) is 4.32. The van der Waals surface area contributed by atoms with Gasteiger partial charge < -0.3 is 15.3 Å². The molecule has 0 radical (unpaired) electrons. The summed E-state index contributed by atoms with van der Waals surface area (Å²) in [7, 11) is 0. The monoisotopic (exact) mass is 370 g/mol. The van der Waals surface area contributed by atoms with Gasteiger partial charge in [-0.3, -0.25) is 9.59 Å². The molecule has 130 valence electrons. The number of fused-ring (bicyclic) bond motifs is 1. The lowest BCUT2D eigenvalue weighted by Crippen LogP contribution is -2.36. The van der Waals surface area contributed by atoms with E-state index >= 15 is 0 Å². The molecular formula is C17H20Cl2N2O3. The number of benzene rings is 1. The second kappa shape index (κ2) is 6.90. The third-order valence-electron chi connectivity index (χ3n) is 5.22. The average molecular weight is 371 g/mol. The zero-order chi connectivity index (χ0) is 17.3. The normalized spacial score (nSPS) is 26.3. The van der Waals surface area contributed by atoms with E-state index in [4.69, 9.17) is 23.2 Å². The average Bonchev–Trinajstić information content (AvgIpc) is 3.07. The number of hydrogen-bond donors (Lipinski definition) is 2. The SMILES string of the molecule is O=C(CCN1C[C@@H]2CCC[C@@]2(C(=O)O)C1)Nc1cc(Cl)ccc1Cl. The van der Waals surface area contributed by atoms with Crippen LogP contribution in [0.4, 0.5) is 5.69 Å².